The maximum atomic E-state index is 5.12. The van der Waals surface area contributed by atoms with E-state index in [0.29, 0.717) is 12.4 Å². The lowest BCUT2D eigenvalue weighted by Crippen LogP contribution is -2.39. The quantitative estimate of drug-likeness (QED) is 0.662. The molecule has 0 radical (unpaired) electrons. The summed E-state index contributed by atoms with van der Waals surface area (Å²) in [5.41, 5.74) is 0.925. The van der Waals surface area contributed by atoms with Crippen molar-refractivity contribution < 1.29 is 4.74 Å². The highest BCUT2D eigenvalue weighted by Crippen LogP contribution is 2.10. The van der Waals surface area contributed by atoms with Gasteiger partial charge in [-0.25, -0.2) is 9.98 Å². The van der Waals surface area contributed by atoms with Crippen molar-refractivity contribution in [2.45, 2.75) is 26.3 Å². The maximum Gasteiger partial charge on any atom is 0.213 e. The van der Waals surface area contributed by atoms with E-state index in [1.165, 1.54) is 12.8 Å². The molecule has 19 heavy (non-hydrogen) atoms. The molecule has 0 aliphatic carbocycles. The van der Waals surface area contributed by atoms with Crippen LogP contribution >= 0.6 is 0 Å². The molecule has 0 unspecified atom stereocenters. The molecule has 1 N–H and O–H groups in total. The Morgan fingerprint density at radius 2 is 2.21 bits per heavy atom. The number of rotatable bonds is 4. The van der Waals surface area contributed by atoms with Crippen LogP contribution in [0.3, 0.4) is 0 Å². The third-order valence-electron chi connectivity index (χ3n) is 3.12. The molecule has 0 amide bonds. The molecule has 0 atom stereocenters. The Morgan fingerprint density at radius 3 is 2.89 bits per heavy atom. The molecule has 1 saturated heterocycles. The van der Waals surface area contributed by atoms with Crippen molar-refractivity contribution in [2.75, 3.05) is 26.7 Å². The van der Waals surface area contributed by atoms with Crippen LogP contribution in [-0.2, 0) is 6.54 Å². The zero-order valence-electron chi connectivity index (χ0n) is 11.7. The number of aromatic nitrogens is 1. The first kappa shape index (κ1) is 13.6. The van der Waals surface area contributed by atoms with Gasteiger partial charge in [-0.2, -0.15) is 0 Å². The summed E-state index contributed by atoms with van der Waals surface area (Å²) in [6.45, 7) is 5.75. The topological polar surface area (TPSA) is 49.8 Å². The Morgan fingerprint density at radius 1 is 1.42 bits per heavy atom. The van der Waals surface area contributed by atoms with E-state index < -0.39 is 0 Å². The fourth-order valence-corrected chi connectivity index (χ4v) is 2.17. The van der Waals surface area contributed by atoms with Gasteiger partial charge in [0.25, 0.3) is 0 Å². The summed E-state index contributed by atoms with van der Waals surface area (Å²) in [7, 11) is 1.63. The standard InChI is InChI=1S/C14H22N4O/c1-3-15-14(18-9-4-5-10-18)16-11-12-7-6-8-13(17-12)19-2/h6-8H,3-5,9-11H2,1-2H3,(H,15,16). The van der Waals surface area contributed by atoms with Crippen molar-refractivity contribution in [3.63, 3.8) is 0 Å². The van der Waals surface area contributed by atoms with Crippen LogP contribution < -0.4 is 10.1 Å². The molecule has 0 aromatic carbocycles. The highest BCUT2D eigenvalue weighted by molar-refractivity contribution is 5.80. The highest BCUT2D eigenvalue weighted by Gasteiger charge is 2.15. The number of hydrogen-bond donors (Lipinski definition) is 1. The van der Waals surface area contributed by atoms with Gasteiger partial charge in [0.2, 0.25) is 5.88 Å². The van der Waals surface area contributed by atoms with E-state index in [2.05, 4.69) is 27.1 Å². The number of guanidine groups is 1. The van der Waals surface area contributed by atoms with E-state index in [4.69, 9.17) is 4.74 Å². The number of pyridine rings is 1. The first-order valence-corrected chi connectivity index (χ1v) is 6.86. The number of hydrogen-bond acceptors (Lipinski definition) is 3. The summed E-state index contributed by atoms with van der Waals surface area (Å²) in [6, 6.07) is 5.76. The summed E-state index contributed by atoms with van der Waals surface area (Å²) in [5, 5.41) is 3.34. The minimum Gasteiger partial charge on any atom is -0.481 e. The third-order valence-corrected chi connectivity index (χ3v) is 3.12. The lowest BCUT2D eigenvalue weighted by Gasteiger charge is -2.20. The third kappa shape index (κ3) is 3.84. The molecule has 1 aromatic rings. The smallest absolute Gasteiger partial charge is 0.213 e. The summed E-state index contributed by atoms with van der Waals surface area (Å²) in [5.74, 6) is 1.63. The van der Waals surface area contributed by atoms with E-state index in [1.54, 1.807) is 7.11 Å². The normalized spacial score (nSPS) is 15.7. The Hall–Kier alpha value is -1.78. The zero-order valence-corrected chi connectivity index (χ0v) is 11.7. The van der Waals surface area contributed by atoms with Crippen LogP contribution in [0.15, 0.2) is 23.2 Å². The summed E-state index contributed by atoms with van der Waals surface area (Å²) in [6.07, 6.45) is 2.50. The summed E-state index contributed by atoms with van der Waals surface area (Å²) in [4.78, 5) is 11.3. The molecule has 0 saturated carbocycles. The molecule has 5 heteroatoms. The van der Waals surface area contributed by atoms with Crippen LogP contribution in [0.5, 0.6) is 5.88 Å². The molecular weight excluding hydrogens is 240 g/mol. The van der Waals surface area contributed by atoms with E-state index in [9.17, 15) is 0 Å². The molecule has 104 valence electrons. The Labute approximate surface area is 114 Å². The summed E-state index contributed by atoms with van der Waals surface area (Å²) < 4.78 is 5.12. The highest BCUT2D eigenvalue weighted by atomic mass is 16.5. The molecule has 0 bridgehead atoms. The molecule has 5 nitrogen and oxygen atoms in total. The van der Waals surface area contributed by atoms with Gasteiger partial charge in [0.1, 0.15) is 0 Å². The fraction of sp³-hybridized carbons (Fsp3) is 0.571. The van der Waals surface area contributed by atoms with Gasteiger partial charge in [-0.15, -0.1) is 0 Å². The molecule has 0 spiro atoms. The lowest BCUT2D eigenvalue weighted by atomic mass is 10.3. The number of nitrogens with one attached hydrogen (secondary N) is 1. The maximum absolute atomic E-state index is 5.12. The van der Waals surface area contributed by atoms with Crippen LogP contribution in [0.25, 0.3) is 0 Å². The van der Waals surface area contributed by atoms with E-state index in [-0.39, 0.29) is 0 Å². The molecule has 1 aliphatic rings. The first-order valence-electron chi connectivity index (χ1n) is 6.86. The number of methoxy groups -OCH3 is 1. The van der Waals surface area contributed by atoms with Crippen LogP contribution in [0.1, 0.15) is 25.5 Å². The van der Waals surface area contributed by atoms with Gasteiger partial charge < -0.3 is 15.0 Å². The van der Waals surface area contributed by atoms with E-state index in [0.717, 1.165) is 31.3 Å². The molecule has 2 rings (SSSR count). The Kier molecular flexibility index (Phi) is 5.01. The fourth-order valence-electron chi connectivity index (χ4n) is 2.17. The van der Waals surface area contributed by atoms with Gasteiger partial charge in [0.15, 0.2) is 5.96 Å². The van der Waals surface area contributed by atoms with Crippen LogP contribution in [-0.4, -0.2) is 42.6 Å². The van der Waals surface area contributed by atoms with E-state index >= 15 is 0 Å². The van der Waals surface area contributed by atoms with Gasteiger partial charge in [-0.3, -0.25) is 0 Å². The second-order valence-electron chi connectivity index (χ2n) is 4.54. The second-order valence-corrected chi connectivity index (χ2v) is 4.54. The van der Waals surface area contributed by atoms with Crippen molar-refractivity contribution in [1.82, 2.24) is 15.2 Å². The number of ether oxygens (including phenoxy) is 1. The van der Waals surface area contributed by atoms with Crippen molar-refractivity contribution in [1.29, 1.82) is 0 Å². The predicted octanol–water partition coefficient (Wildman–Crippen LogP) is 1.65. The molecular formula is C14H22N4O. The zero-order chi connectivity index (χ0) is 13.5. The Bertz CT molecular complexity index is 427. The minimum absolute atomic E-state index is 0.579. The minimum atomic E-state index is 0.579. The monoisotopic (exact) mass is 262 g/mol. The van der Waals surface area contributed by atoms with Crippen molar-refractivity contribution in [3.05, 3.63) is 23.9 Å². The van der Waals surface area contributed by atoms with E-state index in [1.807, 2.05) is 18.2 Å². The largest absolute Gasteiger partial charge is 0.481 e. The lowest BCUT2D eigenvalue weighted by molar-refractivity contribution is 0.396. The molecule has 1 aliphatic heterocycles. The van der Waals surface area contributed by atoms with Crippen molar-refractivity contribution in [3.8, 4) is 5.88 Å². The molecule has 1 fully saturated rings. The van der Waals surface area contributed by atoms with Crippen LogP contribution in [0, 0.1) is 0 Å². The van der Waals surface area contributed by atoms with Crippen LogP contribution in [0.4, 0.5) is 0 Å². The van der Waals surface area contributed by atoms with Gasteiger partial charge in [-0.05, 0) is 25.8 Å². The first-order chi connectivity index (χ1) is 9.33. The average molecular weight is 262 g/mol. The average Bonchev–Trinajstić information content (AvgIpc) is 2.97. The number of nitrogens with zero attached hydrogens (tertiary/aromatic N) is 3. The Balaban J connectivity index is 2.03. The van der Waals surface area contributed by atoms with Gasteiger partial charge in [-0.1, -0.05) is 6.07 Å². The second kappa shape index (κ2) is 6.97. The van der Waals surface area contributed by atoms with Gasteiger partial charge >= 0.3 is 0 Å². The number of likely N-dealkylation sites (tertiary alicyclic amines) is 1. The van der Waals surface area contributed by atoms with Gasteiger partial charge in [0, 0.05) is 25.7 Å². The molecule has 1 aromatic heterocycles. The molecule has 2 heterocycles. The summed E-state index contributed by atoms with van der Waals surface area (Å²) >= 11 is 0. The SMILES string of the molecule is CCNC(=NCc1cccc(OC)n1)N1CCCC1. The number of aliphatic imine (C=N–C) groups is 1. The predicted molar refractivity (Wildman–Crippen MR) is 76.4 cm³/mol. The van der Waals surface area contributed by atoms with Gasteiger partial charge in [0.05, 0.1) is 19.3 Å². The van der Waals surface area contributed by atoms with Crippen LogP contribution in [0.2, 0.25) is 0 Å². The van der Waals surface area contributed by atoms with Crippen molar-refractivity contribution >= 4 is 5.96 Å². The van der Waals surface area contributed by atoms with Crippen molar-refractivity contribution in [2.24, 2.45) is 4.99 Å².